The van der Waals surface area contributed by atoms with Crippen LogP contribution in [0.1, 0.15) is 42.7 Å². The summed E-state index contributed by atoms with van der Waals surface area (Å²) in [6.07, 6.45) is 4.30. The second-order valence-corrected chi connectivity index (χ2v) is 8.29. The molecule has 1 heterocycles. The third kappa shape index (κ3) is 2.80. The van der Waals surface area contributed by atoms with Crippen LogP contribution in [0.2, 0.25) is 0 Å². The molecule has 2 atom stereocenters. The first-order valence-electron chi connectivity index (χ1n) is 7.36. The van der Waals surface area contributed by atoms with Crippen molar-refractivity contribution in [2.45, 2.75) is 38.0 Å². The Morgan fingerprint density at radius 2 is 2.00 bits per heavy atom. The maximum absolute atomic E-state index is 12.3. The van der Waals surface area contributed by atoms with Crippen molar-refractivity contribution in [3.05, 3.63) is 35.4 Å². The van der Waals surface area contributed by atoms with Gasteiger partial charge in [-0.1, -0.05) is 24.3 Å². The minimum atomic E-state index is -2.96. The van der Waals surface area contributed by atoms with Gasteiger partial charge in [0.05, 0.1) is 11.5 Å². The lowest BCUT2D eigenvalue weighted by molar-refractivity contribution is -0.122. The Morgan fingerprint density at radius 3 is 2.75 bits per heavy atom. The van der Waals surface area contributed by atoms with E-state index in [4.69, 9.17) is 0 Å². The standard InChI is InChI=1S/C16H20O3S/c17-16(14-8-9-20(18,19)11-14)10-13-6-3-5-12-4-1-2-7-15(12)13/h1-2,4,7,13-14H,3,5-6,8-11H2. The first kappa shape index (κ1) is 13.8. The van der Waals surface area contributed by atoms with Crippen molar-refractivity contribution in [1.82, 2.24) is 0 Å². The molecule has 1 fully saturated rings. The van der Waals surface area contributed by atoms with Gasteiger partial charge >= 0.3 is 0 Å². The van der Waals surface area contributed by atoms with Crippen molar-refractivity contribution >= 4 is 15.6 Å². The summed E-state index contributed by atoms with van der Waals surface area (Å²) in [6, 6.07) is 8.35. The number of fused-ring (bicyclic) bond motifs is 1. The molecule has 0 radical (unpaired) electrons. The number of carbonyl (C=O) groups is 1. The minimum Gasteiger partial charge on any atom is -0.299 e. The molecule has 108 valence electrons. The number of hydrogen-bond acceptors (Lipinski definition) is 3. The van der Waals surface area contributed by atoms with Gasteiger partial charge in [-0.15, -0.1) is 0 Å². The number of ketones is 1. The van der Waals surface area contributed by atoms with E-state index >= 15 is 0 Å². The lowest BCUT2D eigenvalue weighted by Gasteiger charge is -2.25. The fraction of sp³-hybridized carbons (Fsp3) is 0.562. The highest BCUT2D eigenvalue weighted by atomic mass is 32.2. The van der Waals surface area contributed by atoms with Crippen molar-refractivity contribution in [3.8, 4) is 0 Å². The maximum Gasteiger partial charge on any atom is 0.151 e. The quantitative estimate of drug-likeness (QED) is 0.860. The van der Waals surface area contributed by atoms with E-state index in [-0.39, 0.29) is 29.1 Å². The topological polar surface area (TPSA) is 51.2 Å². The summed E-state index contributed by atoms with van der Waals surface area (Å²) in [7, 11) is -2.96. The maximum atomic E-state index is 12.3. The van der Waals surface area contributed by atoms with Crippen LogP contribution in [0.25, 0.3) is 0 Å². The SMILES string of the molecule is O=C(CC1CCCc2ccccc21)C1CCS(=O)(=O)C1. The van der Waals surface area contributed by atoms with E-state index in [0.717, 1.165) is 19.3 Å². The minimum absolute atomic E-state index is 0.0696. The second-order valence-electron chi connectivity index (χ2n) is 6.06. The molecular formula is C16H20O3S. The van der Waals surface area contributed by atoms with Gasteiger partial charge in [0.2, 0.25) is 0 Å². The fourth-order valence-electron chi connectivity index (χ4n) is 3.53. The normalized spacial score (nSPS) is 28.0. The molecule has 1 aromatic rings. The summed E-state index contributed by atoms with van der Waals surface area (Å²) in [5, 5.41) is 0. The molecule has 4 heteroatoms. The van der Waals surface area contributed by atoms with Crippen LogP contribution in [0, 0.1) is 5.92 Å². The number of carbonyl (C=O) groups excluding carboxylic acids is 1. The molecule has 3 nitrogen and oxygen atoms in total. The summed E-state index contributed by atoms with van der Waals surface area (Å²) in [5.74, 6) is 0.433. The second kappa shape index (κ2) is 5.32. The Balaban J connectivity index is 1.72. The van der Waals surface area contributed by atoms with Gasteiger partial charge in [0, 0.05) is 12.3 Å². The predicted molar refractivity (Wildman–Crippen MR) is 78.5 cm³/mol. The molecule has 2 aliphatic rings. The Kier molecular flexibility index (Phi) is 3.67. The molecule has 0 saturated carbocycles. The third-order valence-electron chi connectivity index (χ3n) is 4.63. The highest BCUT2D eigenvalue weighted by molar-refractivity contribution is 7.91. The van der Waals surface area contributed by atoms with E-state index in [1.807, 2.05) is 12.1 Å². The van der Waals surface area contributed by atoms with Crippen LogP contribution in [0.5, 0.6) is 0 Å². The molecule has 0 bridgehead atoms. The number of aryl methyl sites for hydroxylation is 1. The molecule has 1 aliphatic carbocycles. The van der Waals surface area contributed by atoms with Crippen LogP contribution in [0.3, 0.4) is 0 Å². The number of hydrogen-bond donors (Lipinski definition) is 0. The van der Waals surface area contributed by atoms with E-state index in [2.05, 4.69) is 12.1 Å². The first-order chi connectivity index (χ1) is 9.55. The number of rotatable bonds is 3. The van der Waals surface area contributed by atoms with Gasteiger partial charge in [0.25, 0.3) is 0 Å². The molecule has 0 spiro atoms. The van der Waals surface area contributed by atoms with Gasteiger partial charge in [0.1, 0.15) is 5.78 Å². The fourth-order valence-corrected chi connectivity index (χ4v) is 5.30. The molecule has 0 aromatic heterocycles. The van der Waals surface area contributed by atoms with Crippen molar-refractivity contribution < 1.29 is 13.2 Å². The van der Waals surface area contributed by atoms with Gasteiger partial charge < -0.3 is 0 Å². The molecule has 3 rings (SSSR count). The Morgan fingerprint density at radius 1 is 1.20 bits per heavy atom. The van der Waals surface area contributed by atoms with Gasteiger partial charge in [0.15, 0.2) is 9.84 Å². The van der Waals surface area contributed by atoms with Gasteiger partial charge in [-0.05, 0) is 42.7 Å². The summed E-state index contributed by atoms with van der Waals surface area (Å²) < 4.78 is 23.0. The monoisotopic (exact) mass is 292 g/mol. The van der Waals surface area contributed by atoms with Crippen molar-refractivity contribution in [2.75, 3.05) is 11.5 Å². The molecule has 20 heavy (non-hydrogen) atoms. The van der Waals surface area contributed by atoms with Crippen molar-refractivity contribution in [3.63, 3.8) is 0 Å². The number of benzene rings is 1. The molecule has 1 aliphatic heterocycles. The largest absolute Gasteiger partial charge is 0.299 e. The molecular weight excluding hydrogens is 272 g/mol. The molecule has 0 amide bonds. The van der Waals surface area contributed by atoms with E-state index in [1.54, 1.807) is 0 Å². The predicted octanol–water partition coefficient (Wildman–Crippen LogP) is 2.50. The third-order valence-corrected chi connectivity index (χ3v) is 6.40. The van der Waals surface area contributed by atoms with Crippen LogP contribution in [-0.4, -0.2) is 25.7 Å². The summed E-state index contributed by atoms with van der Waals surface area (Å²) >= 11 is 0. The van der Waals surface area contributed by atoms with Crippen LogP contribution < -0.4 is 0 Å². The van der Waals surface area contributed by atoms with Gasteiger partial charge in [-0.3, -0.25) is 4.79 Å². The van der Waals surface area contributed by atoms with E-state index in [9.17, 15) is 13.2 Å². The van der Waals surface area contributed by atoms with E-state index < -0.39 is 9.84 Å². The van der Waals surface area contributed by atoms with Crippen molar-refractivity contribution in [2.24, 2.45) is 5.92 Å². The van der Waals surface area contributed by atoms with Crippen LogP contribution in [-0.2, 0) is 21.1 Å². The highest BCUT2D eigenvalue weighted by Crippen LogP contribution is 2.35. The summed E-state index contributed by atoms with van der Waals surface area (Å²) in [6.45, 7) is 0. The zero-order valence-corrected chi connectivity index (χ0v) is 12.4. The molecule has 0 N–H and O–H groups in total. The highest BCUT2D eigenvalue weighted by Gasteiger charge is 2.34. The average molecular weight is 292 g/mol. The molecule has 1 aromatic carbocycles. The molecule has 2 unspecified atom stereocenters. The lowest BCUT2D eigenvalue weighted by Crippen LogP contribution is -2.20. The zero-order chi connectivity index (χ0) is 14.2. The zero-order valence-electron chi connectivity index (χ0n) is 11.5. The Labute approximate surface area is 120 Å². The Hall–Kier alpha value is -1.16. The molecule has 1 saturated heterocycles. The van der Waals surface area contributed by atoms with Crippen LogP contribution in [0.4, 0.5) is 0 Å². The Bertz CT molecular complexity index is 618. The first-order valence-corrected chi connectivity index (χ1v) is 9.18. The van der Waals surface area contributed by atoms with Gasteiger partial charge in [-0.25, -0.2) is 8.42 Å². The van der Waals surface area contributed by atoms with Crippen LogP contribution >= 0.6 is 0 Å². The van der Waals surface area contributed by atoms with Gasteiger partial charge in [-0.2, -0.15) is 0 Å². The lowest BCUT2D eigenvalue weighted by atomic mass is 9.79. The summed E-state index contributed by atoms with van der Waals surface area (Å²) in [5.41, 5.74) is 2.66. The van der Waals surface area contributed by atoms with Crippen molar-refractivity contribution in [1.29, 1.82) is 0 Å². The number of sulfone groups is 1. The average Bonchev–Trinajstić information content (AvgIpc) is 2.80. The summed E-state index contributed by atoms with van der Waals surface area (Å²) in [4.78, 5) is 12.3. The van der Waals surface area contributed by atoms with Crippen LogP contribution in [0.15, 0.2) is 24.3 Å². The number of Topliss-reactive ketones (excluding diaryl/α,β-unsaturated/α-hetero) is 1. The van der Waals surface area contributed by atoms with E-state index in [1.165, 1.54) is 11.1 Å². The smallest absolute Gasteiger partial charge is 0.151 e. The van der Waals surface area contributed by atoms with E-state index in [0.29, 0.717) is 12.8 Å².